The van der Waals surface area contributed by atoms with Gasteiger partial charge in [0, 0.05) is 17.1 Å². The number of benzene rings is 1. The molecular formula is C8H11CuO3P. The van der Waals surface area contributed by atoms with Gasteiger partial charge in [-0.1, -0.05) is 19.1 Å². The summed E-state index contributed by atoms with van der Waals surface area (Å²) in [6.07, 6.45) is 0.953. The van der Waals surface area contributed by atoms with Gasteiger partial charge in [0.1, 0.15) is 5.75 Å². The maximum atomic E-state index is 10.3. The van der Waals surface area contributed by atoms with Crippen molar-refractivity contribution in [3.8, 4) is 5.75 Å². The molecule has 1 rings (SSSR count). The monoisotopic (exact) mass is 249 g/mol. The third kappa shape index (κ3) is 4.49. The van der Waals surface area contributed by atoms with Crippen molar-refractivity contribution in [3.05, 3.63) is 29.8 Å². The maximum absolute atomic E-state index is 10.3. The molecule has 0 aliphatic heterocycles. The van der Waals surface area contributed by atoms with Gasteiger partial charge in [-0.3, -0.25) is 0 Å². The van der Waals surface area contributed by atoms with Gasteiger partial charge in [0.15, 0.2) is 0 Å². The maximum Gasteiger partial charge on any atom is 0.365 e. The van der Waals surface area contributed by atoms with Crippen molar-refractivity contribution in [2.75, 3.05) is 0 Å². The molecule has 0 aromatic heterocycles. The predicted molar refractivity (Wildman–Crippen MR) is 47.7 cm³/mol. The standard InChI is InChI=1S/C8H11O3P.Cu/c1-2-7-3-5-8(6-4-7)11-12(9)10;/h3-6,12H,2H2,1H3,(H,9,10);. The molecule has 1 atom stereocenters. The topological polar surface area (TPSA) is 46.5 Å². The molecule has 1 unspecified atom stereocenters. The van der Waals surface area contributed by atoms with E-state index in [0.29, 0.717) is 5.75 Å². The van der Waals surface area contributed by atoms with Gasteiger partial charge >= 0.3 is 8.25 Å². The first kappa shape index (κ1) is 12.7. The average Bonchev–Trinajstić information content (AvgIpc) is 2.05. The van der Waals surface area contributed by atoms with E-state index < -0.39 is 8.25 Å². The summed E-state index contributed by atoms with van der Waals surface area (Å²) in [6.45, 7) is 2.05. The van der Waals surface area contributed by atoms with Crippen LogP contribution in [0.3, 0.4) is 0 Å². The Balaban J connectivity index is 0.00000144. The van der Waals surface area contributed by atoms with Crippen molar-refractivity contribution in [2.24, 2.45) is 0 Å². The van der Waals surface area contributed by atoms with Crippen LogP contribution in [0.15, 0.2) is 24.3 Å². The van der Waals surface area contributed by atoms with Gasteiger partial charge in [-0.2, -0.15) is 0 Å². The van der Waals surface area contributed by atoms with Gasteiger partial charge in [0.25, 0.3) is 0 Å². The van der Waals surface area contributed by atoms with Crippen molar-refractivity contribution >= 4 is 8.25 Å². The summed E-state index contributed by atoms with van der Waals surface area (Å²) in [6, 6.07) is 7.13. The largest absolute Gasteiger partial charge is 0.426 e. The normalized spacial score (nSPS) is 11.5. The van der Waals surface area contributed by atoms with E-state index >= 15 is 0 Å². The van der Waals surface area contributed by atoms with E-state index in [4.69, 9.17) is 4.89 Å². The van der Waals surface area contributed by atoms with Crippen LogP contribution in [-0.4, -0.2) is 4.89 Å². The summed E-state index contributed by atoms with van der Waals surface area (Å²) < 4.78 is 14.9. The van der Waals surface area contributed by atoms with Gasteiger partial charge < -0.3 is 9.42 Å². The first-order valence-corrected chi connectivity index (χ1v) is 4.98. The fourth-order valence-corrected chi connectivity index (χ4v) is 1.23. The Hall–Kier alpha value is -0.271. The molecule has 5 heteroatoms. The van der Waals surface area contributed by atoms with E-state index in [0.717, 1.165) is 6.42 Å². The predicted octanol–water partition coefficient (Wildman–Crippen LogP) is 2.01. The van der Waals surface area contributed by atoms with E-state index in [1.165, 1.54) is 5.56 Å². The second-order valence-electron chi connectivity index (χ2n) is 2.37. The van der Waals surface area contributed by atoms with Crippen LogP contribution in [0.25, 0.3) is 0 Å². The third-order valence-corrected chi connectivity index (χ3v) is 1.95. The summed E-state index contributed by atoms with van der Waals surface area (Å²) >= 11 is 0. The zero-order chi connectivity index (χ0) is 8.97. The van der Waals surface area contributed by atoms with Crippen molar-refractivity contribution in [1.82, 2.24) is 0 Å². The van der Waals surface area contributed by atoms with Gasteiger partial charge in [-0.05, 0) is 24.1 Å². The molecule has 0 saturated carbocycles. The Labute approximate surface area is 88.5 Å². The first-order chi connectivity index (χ1) is 5.72. The summed E-state index contributed by atoms with van der Waals surface area (Å²) in [5.74, 6) is 0.443. The molecule has 3 nitrogen and oxygen atoms in total. The molecule has 1 N–H and O–H groups in total. The van der Waals surface area contributed by atoms with E-state index in [9.17, 15) is 4.57 Å². The van der Waals surface area contributed by atoms with E-state index in [-0.39, 0.29) is 17.1 Å². The minimum Gasteiger partial charge on any atom is -0.426 e. The summed E-state index contributed by atoms with van der Waals surface area (Å²) in [5, 5.41) is 0. The summed E-state index contributed by atoms with van der Waals surface area (Å²) in [7, 11) is -2.86. The Morgan fingerprint density at radius 1 is 1.38 bits per heavy atom. The second-order valence-corrected chi connectivity index (χ2v) is 3.10. The molecule has 0 aliphatic carbocycles. The van der Waals surface area contributed by atoms with E-state index in [1.807, 2.05) is 19.1 Å². The van der Waals surface area contributed by atoms with Gasteiger partial charge in [0.2, 0.25) is 0 Å². The zero-order valence-corrected chi connectivity index (χ0v) is 9.02. The Kier molecular flexibility index (Phi) is 6.09. The Bertz CT molecular complexity index is 273. The molecule has 0 spiro atoms. The molecule has 0 amide bonds. The molecule has 1 radical (unpaired) electrons. The van der Waals surface area contributed by atoms with Crippen molar-refractivity contribution in [3.63, 3.8) is 0 Å². The van der Waals surface area contributed by atoms with Crippen LogP contribution < -0.4 is 4.52 Å². The van der Waals surface area contributed by atoms with Crippen LogP contribution in [0.4, 0.5) is 0 Å². The Morgan fingerprint density at radius 3 is 2.31 bits per heavy atom. The average molecular weight is 250 g/mol. The van der Waals surface area contributed by atoms with Crippen LogP contribution in [0.1, 0.15) is 12.5 Å². The first-order valence-electron chi connectivity index (χ1n) is 3.72. The number of aryl methyl sites for hydroxylation is 1. The number of rotatable bonds is 3. The van der Waals surface area contributed by atoms with Crippen LogP contribution >= 0.6 is 8.25 Å². The molecule has 0 heterocycles. The number of hydrogen-bond donors (Lipinski definition) is 1. The Morgan fingerprint density at radius 2 is 1.92 bits per heavy atom. The van der Waals surface area contributed by atoms with Crippen molar-refractivity contribution in [1.29, 1.82) is 0 Å². The van der Waals surface area contributed by atoms with Gasteiger partial charge in [0.05, 0.1) is 0 Å². The quantitative estimate of drug-likeness (QED) is 0.658. The SMILES string of the molecule is CCc1ccc(O[PH](=O)O)cc1.[Cu]. The second kappa shape index (κ2) is 6.22. The molecule has 13 heavy (non-hydrogen) atoms. The molecule has 0 fully saturated rings. The minimum absolute atomic E-state index is 0. The van der Waals surface area contributed by atoms with Crippen molar-refractivity contribution in [2.45, 2.75) is 13.3 Å². The fraction of sp³-hybridized carbons (Fsp3) is 0.250. The number of hydrogen-bond acceptors (Lipinski definition) is 2. The summed E-state index contributed by atoms with van der Waals surface area (Å²) in [5.41, 5.74) is 1.18. The molecule has 0 aliphatic rings. The van der Waals surface area contributed by atoms with Gasteiger partial charge in [-0.25, -0.2) is 4.57 Å². The van der Waals surface area contributed by atoms with Gasteiger partial charge in [-0.15, -0.1) is 0 Å². The molecule has 0 bridgehead atoms. The molecule has 1 aromatic rings. The van der Waals surface area contributed by atoms with Crippen LogP contribution in [0, 0.1) is 0 Å². The van der Waals surface area contributed by atoms with Crippen molar-refractivity contribution < 1.29 is 31.1 Å². The van der Waals surface area contributed by atoms with Crippen LogP contribution in [-0.2, 0) is 28.1 Å². The zero-order valence-electron chi connectivity index (χ0n) is 7.08. The van der Waals surface area contributed by atoms with E-state index in [2.05, 4.69) is 4.52 Å². The van der Waals surface area contributed by atoms with Crippen LogP contribution in [0.2, 0.25) is 0 Å². The summed E-state index contributed by atoms with van der Waals surface area (Å²) in [4.78, 5) is 8.46. The molecule has 0 saturated heterocycles. The fourth-order valence-electron chi connectivity index (χ4n) is 0.894. The molecular weight excluding hydrogens is 239 g/mol. The molecule has 77 valence electrons. The van der Waals surface area contributed by atoms with Crippen LogP contribution in [0.5, 0.6) is 5.75 Å². The molecule has 1 aromatic carbocycles. The van der Waals surface area contributed by atoms with E-state index in [1.54, 1.807) is 12.1 Å². The minimum atomic E-state index is -2.86. The third-order valence-electron chi connectivity index (χ3n) is 1.54. The smallest absolute Gasteiger partial charge is 0.365 e.